The van der Waals surface area contributed by atoms with Crippen molar-refractivity contribution in [3.63, 3.8) is 0 Å². The predicted octanol–water partition coefficient (Wildman–Crippen LogP) is 3.58. The smallest absolute Gasteiger partial charge is 0.242 e. The highest BCUT2D eigenvalue weighted by Gasteiger charge is 2.18. The Morgan fingerprint density at radius 1 is 1.03 bits per heavy atom. The number of hydrogen-bond acceptors (Lipinski definition) is 5. The lowest BCUT2D eigenvalue weighted by atomic mass is 10.0. The van der Waals surface area contributed by atoms with Crippen LogP contribution in [0.3, 0.4) is 0 Å². The standard InChI is InChI=1S/C23H23FN4O3S/c1-27(2)32(29,30)18-11-7-16(8-12-18)19-13-9-17(28-15-25-26-23(19)28)10-14-20-21(24)5-4-6-22(20)31-3/h4-9,11-13,15H,10,14H2,1-3H3. The molecule has 0 aliphatic rings. The number of fused-ring (bicyclic) bond motifs is 1. The molecule has 2 aromatic heterocycles. The highest BCUT2D eigenvalue weighted by molar-refractivity contribution is 7.89. The molecule has 0 fully saturated rings. The van der Waals surface area contributed by atoms with Gasteiger partial charge in [-0.25, -0.2) is 17.1 Å². The maximum atomic E-state index is 14.3. The molecule has 7 nitrogen and oxygen atoms in total. The molecule has 0 saturated carbocycles. The normalized spacial score (nSPS) is 11.9. The number of sulfonamides is 1. The van der Waals surface area contributed by atoms with Crippen LogP contribution in [0.25, 0.3) is 16.8 Å². The molecule has 0 spiro atoms. The summed E-state index contributed by atoms with van der Waals surface area (Å²) in [7, 11) is 1.03. The first kappa shape index (κ1) is 21.9. The van der Waals surface area contributed by atoms with E-state index >= 15 is 0 Å². The Labute approximate surface area is 186 Å². The molecule has 0 aliphatic heterocycles. The monoisotopic (exact) mass is 454 g/mol. The number of halogens is 1. The van der Waals surface area contributed by atoms with E-state index in [1.165, 1.54) is 31.6 Å². The summed E-state index contributed by atoms with van der Waals surface area (Å²) >= 11 is 0. The van der Waals surface area contributed by atoms with E-state index in [0.29, 0.717) is 29.8 Å². The van der Waals surface area contributed by atoms with E-state index in [-0.39, 0.29) is 10.7 Å². The van der Waals surface area contributed by atoms with Gasteiger partial charge in [-0.2, -0.15) is 0 Å². The predicted molar refractivity (Wildman–Crippen MR) is 120 cm³/mol. The Morgan fingerprint density at radius 3 is 2.47 bits per heavy atom. The van der Waals surface area contributed by atoms with Crippen LogP contribution in [0.15, 0.2) is 65.8 Å². The number of nitrogens with zero attached hydrogens (tertiary/aromatic N) is 4. The van der Waals surface area contributed by atoms with Gasteiger partial charge in [-0.05, 0) is 54.8 Å². The number of aromatic nitrogens is 3. The number of hydrogen-bond donors (Lipinski definition) is 0. The molecule has 0 atom stereocenters. The summed E-state index contributed by atoms with van der Waals surface area (Å²) in [5.41, 5.74) is 3.74. The molecule has 0 saturated heterocycles. The Hall–Kier alpha value is -3.30. The molecule has 0 radical (unpaired) electrons. The summed E-state index contributed by atoms with van der Waals surface area (Å²) in [6, 6.07) is 15.3. The maximum Gasteiger partial charge on any atom is 0.242 e. The molecule has 166 valence electrons. The van der Waals surface area contributed by atoms with E-state index in [1.807, 2.05) is 16.5 Å². The fourth-order valence-corrected chi connectivity index (χ4v) is 4.54. The molecule has 0 bridgehead atoms. The summed E-state index contributed by atoms with van der Waals surface area (Å²) in [5, 5.41) is 8.30. The lowest BCUT2D eigenvalue weighted by Crippen LogP contribution is -2.22. The van der Waals surface area contributed by atoms with Gasteiger partial charge in [-0.15, -0.1) is 10.2 Å². The topological polar surface area (TPSA) is 76.8 Å². The summed E-state index contributed by atoms with van der Waals surface area (Å²) in [5.74, 6) is 0.225. The van der Waals surface area contributed by atoms with E-state index in [2.05, 4.69) is 10.2 Å². The van der Waals surface area contributed by atoms with Crippen LogP contribution in [0.4, 0.5) is 4.39 Å². The van der Waals surface area contributed by atoms with Gasteiger partial charge in [0, 0.05) is 30.9 Å². The van der Waals surface area contributed by atoms with Crippen LogP contribution in [-0.4, -0.2) is 48.5 Å². The van der Waals surface area contributed by atoms with E-state index in [0.717, 1.165) is 16.8 Å². The number of rotatable bonds is 7. The molecule has 0 amide bonds. The number of ether oxygens (including phenoxy) is 1. The summed E-state index contributed by atoms with van der Waals surface area (Å²) in [4.78, 5) is 0.221. The first-order valence-electron chi connectivity index (χ1n) is 9.99. The Balaban J connectivity index is 1.65. The van der Waals surface area contributed by atoms with Crippen molar-refractivity contribution in [1.29, 1.82) is 0 Å². The van der Waals surface area contributed by atoms with Gasteiger partial charge >= 0.3 is 0 Å². The lowest BCUT2D eigenvalue weighted by Gasteiger charge is -2.13. The Bertz CT molecular complexity index is 1370. The van der Waals surface area contributed by atoms with Crippen molar-refractivity contribution in [2.45, 2.75) is 17.7 Å². The van der Waals surface area contributed by atoms with Crippen molar-refractivity contribution in [3.8, 4) is 16.9 Å². The minimum atomic E-state index is -3.50. The van der Waals surface area contributed by atoms with Crippen molar-refractivity contribution in [2.75, 3.05) is 21.2 Å². The van der Waals surface area contributed by atoms with Crippen molar-refractivity contribution in [3.05, 3.63) is 78.0 Å². The van der Waals surface area contributed by atoms with E-state index in [1.54, 1.807) is 42.7 Å². The van der Waals surface area contributed by atoms with Gasteiger partial charge in [0.2, 0.25) is 10.0 Å². The van der Waals surface area contributed by atoms with E-state index in [4.69, 9.17) is 4.74 Å². The van der Waals surface area contributed by atoms with Crippen molar-refractivity contribution >= 4 is 15.7 Å². The second-order valence-corrected chi connectivity index (χ2v) is 9.65. The van der Waals surface area contributed by atoms with E-state index < -0.39 is 10.0 Å². The van der Waals surface area contributed by atoms with Crippen LogP contribution in [0, 0.1) is 5.82 Å². The van der Waals surface area contributed by atoms with Gasteiger partial charge in [0.25, 0.3) is 0 Å². The summed E-state index contributed by atoms with van der Waals surface area (Å²) < 4.78 is 47.3. The van der Waals surface area contributed by atoms with Gasteiger partial charge in [-0.1, -0.05) is 18.2 Å². The quantitative estimate of drug-likeness (QED) is 0.427. The SMILES string of the molecule is COc1cccc(F)c1CCc1ccc(-c2ccc(S(=O)(=O)N(C)C)cc2)c2nncn12. The number of methoxy groups -OCH3 is 1. The van der Waals surface area contributed by atoms with Gasteiger partial charge in [0.15, 0.2) is 5.65 Å². The van der Waals surface area contributed by atoms with Gasteiger partial charge in [0.05, 0.1) is 12.0 Å². The summed E-state index contributed by atoms with van der Waals surface area (Å²) in [6.07, 6.45) is 2.64. The minimum absolute atomic E-state index is 0.221. The molecular formula is C23H23FN4O3S. The highest BCUT2D eigenvalue weighted by atomic mass is 32.2. The fraction of sp³-hybridized carbons (Fsp3) is 0.217. The molecule has 9 heteroatoms. The zero-order chi connectivity index (χ0) is 22.9. The van der Waals surface area contributed by atoms with Gasteiger partial charge in [0.1, 0.15) is 17.9 Å². The first-order chi connectivity index (χ1) is 15.3. The number of pyridine rings is 1. The first-order valence-corrected chi connectivity index (χ1v) is 11.4. The van der Waals surface area contributed by atoms with Crippen LogP contribution in [0.2, 0.25) is 0 Å². The molecule has 4 rings (SSSR count). The fourth-order valence-electron chi connectivity index (χ4n) is 3.64. The zero-order valence-corrected chi connectivity index (χ0v) is 18.8. The lowest BCUT2D eigenvalue weighted by molar-refractivity contribution is 0.404. The van der Waals surface area contributed by atoms with Crippen LogP contribution in [0.5, 0.6) is 5.75 Å². The van der Waals surface area contributed by atoms with E-state index in [9.17, 15) is 12.8 Å². The van der Waals surface area contributed by atoms with Crippen LogP contribution >= 0.6 is 0 Å². The molecule has 0 unspecified atom stereocenters. The van der Waals surface area contributed by atoms with Crippen molar-refractivity contribution < 1.29 is 17.5 Å². The zero-order valence-electron chi connectivity index (χ0n) is 18.0. The highest BCUT2D eigenvalue weighted by Crippen LogP contribution is 2.28. The third kappa shape index (κ3) is 3.96. The average molecular weight is 455 g/mol. The van der Waals surface area contributed by atoms with Gasteiger partial charge in [-0.3, -0.25) is 4.40 Å². The third-order valence-electron chi connectivity index (χ3n) is 5.41. The largest absolute Gasteiger partial charge is 0.496 e. The number of aryl methyl sites for hydroxylation is 1. The second kappa shape index (κ2) is 8.68. The molecule has 0 N–H and O–H groups in total. The molecule has 2 aromatic carbocycles. The minimum Gasteiger partial charge on any atom is -0.496 e. The van der Waals surface area contributed by atoms with Crippen molar-refractivity contribution in [2.24, 2.45) is 0 Å². The van der Waals surface area contributed by atoms with Crippen molar-refractivity contribution in [1.82, 2.24) is 18.9 Å². The van der Waals surface area contributed by atoms with Gasteiger partial charge < -0.3 is 4.74 Å². The third-order valence-corrected chi connectivity index (χ3v) is 7.24. The van der Waals surface area contributed by atoms with Crippen LogP contribution < -0.4 is 4.74 Å². The second-order valence-electron chi connectivity index (χ2n) is 7.50. The molecule has 4 aromatic rings. The van der Waals surface area contributed by atoms with Crippen LogP contribution in [-0.2, 0) is 22.9 Å². The maximum absolute atomic E-state index is 14.3. The molecule has 32 heavy (non-hydrogen) atoms. The molecular weight excluding hydrogens is 431 g/mol. The molecule has 2 heterocycles. The van der Waals surface area contributed by atoms with Crippen LogP contribution in [0.1, 0.15) is 11.3 Å². The Kier molecular flexibility index (Phi) is 5.94. The Morgan fingerprint density at radius 2 is 1.78 bits per heavy atom. The molecule has 0 aliphatic carbocycles. The average Bonchev–Trinajstić information content (AvgIpc) is 3.28. The summed E-state index contributed by atoms with van der Waals surface area (Å²) in [6.45, 7) is 0. The number of benzene rings is 2.